The van der Waals surface area contributed by atoms with E-state index in [9.17, 15) is 8.42 Å². The number of nitrogens with zero attached hydrogens (tertiary/aromatic N) is 1. The van der Waals surface area contributed by atoms with Crippen LogP contribution >= 0.6 is 11.6 Å². The summed E-state index contributed by atoms with van der Waals surface area (Å²) >= 11 is 6.14. The second kappa shape index (κ2) is 5.92. The van der Waals surface area contributed by atoms with Gasteiger partial charge in [-0.2, -0.15) is 5.26 Å². The van der Waals surface area contributed by atoms with Crippen LogP contribution in [0.1, 0.15) is 5.56 Å². The molecule has 3 aromatic carbocycles. The van der Waals surface area contributed by atoms with Crippen LogP contribution in [0.5, 0.6) is 0 Å². The molecule has 0 atom stereocenters. The van der Waals surface area contributed by atoms with Crippen molar-refractivity contribution in [2.45, 2.75) is 4.90 Å². The molecule has 0 saturated heterocycles. The van der Waals surface area contributed by atoms with Crippen LogP contribution in [0.2, 0.25) is 5.02 Å². The first kappa shape index (κ1) is 15.3. The molecule has 23 heavy (non-hydrogen) atoms. The van der Waals surface area contributed by atoms with Gasteiger partial charge in [-0.25, -0.2) is 8.42 Å². The Balaban J connectivity index is 2.04. The first-order valence-electron chi connectivity index (χ1n) is 6.71. The smallest absolute Gasteiger partial charge is 0.261 e. The summed E-state index contributed by atoms with van der Waals surface area (Å²) in [5, 5.41) is 10.8. The molecule has 0 aliphatic carbocycles. The van der Waals surface area contributed by atoms with Gasteiger partial charge in [-0.05, 0) is 36.4 Å². The number of nitrogens with one attached hydrogen (secondary N) is 1. The first-order chi connectivity index (χ1) is 11.0. The van der Waals surface area contributed by atoms with Gasteiger partial charge in [-0.3, -0.25) is 4.72 Å². The molecule has 0 unspecified atom stereocenters. The van der Waals surface area contributed by atoms with Gasteiger partial charge in [0.25, 0.3) is 10.0 Å². The molecule has 0 aliphatic heterocycles. The van der Waals surface area contributed by atoms with E-state index in [1.165, 1.54) is 24.3 Å². The van der Waals surface area contributed by atoms with Crippen LogP contribution in [0.15, 0.2) is 65.6 Å². The fraction of sp³-hybridized carbons (Fsp3) is 0. The number of rotatable bonds is 3. The van der Waals surface area contributed by atoms with E-state index in [-0.39, 0.29) is 4.90 Å². The Bertz CT molecular complexity index is 1020. The normalized spacial score (nSPS) is 11.1. The van der Waals surface area contributed by atoms with E-state index in [1.807, 2.05) is 24.3 Å². The Morgan fingerprint density at radius 3 is 2.22 bits per heavy atom. The molecule has 6 heteroatoms. The lowest BCUT2D eigenvalue weighted by molar-refractivity contribution is 0.601. The van der Waals surface area contributed by atoms with Crippen LogP contribution in [-0.2, 0) is 10.0 Å². The number of halogens is 1. The van der Waals surface area contributed by atoms with Crippen LogP contribution in [0.4, 0.5) is 5.69 Å². The Morgan fingerprint density at radius 2 is 1.57 bits per heavy atom. The van der Waals surface area contributed by atoms with Crippen LogP contribution in [-0.4, -0.2) is 8.42 Å². The lowest BCUT2D eigenvalue weighted by Gasteiger charge is -2.11. The molecule has 0 aromatic heterocycles. The molecule has 0 spiro atoms. The van der Waals surface area contributed by atoms with E-state index in [1.54, 1.807) is 18.2 Å². The average molecular weight is 343 g/mol. The minimum Gasteiger partial charge on any atom is -0.279 e. The van der Waals surface area contributed by atoms with Crippen LogP contribution in [0.3, 0.4) is 0 Å². The zero-order chi connectivity index (χ0) is 16.4. The molecule has 1 N–H and O–H groups in total. The second-order valence-corrected chi connectivity index (χ2v) is 6.97. The quantitative estimate of drug-likeness (QED) is 0.776. The Hall–Kier alpha value is -2.55. The third kappa shape index (κ3) is 3.00. The van der Waals surface area contributed by atoms with E-state index in [0.717, 1.165) is 10.8 Å². The highest BCUT2D eigenvalue weighted by Gasteiger charge is 2.16. The van der Waals surface area contributed by atoms with Gasteiger partial charge in [0.15, 0.2) is 0 Å². The molecule has 3 rings (SSSR count). The summed E-state index contributed by atoms with van der Waals surface area (Å²) in [6, 6.07) is 18.3. The molecule has 4 nitrogen and oxygen atoms in total. The highest BCUT2D eigenvalue weighted by Crippen LogP contribution is 2.31. The number of sulfonamides is 1. The van der Waals surface area contributed by atoms with E-state index < -0.39 is 10.0 Å². The molecule has 3 aromatic rings. The fourth-order valence-corrected chi connectivity index (χ4v) is 3.57. The number of fused-ring (bicyclic) bond motifs is 1. The third-order valence-corrected chi connectivity index (χ3v) is 5.12. The van der Waals surface area contributed by atoms with Gasteiger partial charge in [0.2, 0.25) is 0 Å². The number of hydrogen-bond donors (Lipinski definition) is 1. The third-order valence-electron chi connectivity index (χ3n) is 3.41. The summed E-state index contributed by atoms with van der Waals surface area (Å²) in [5.74, 6) is 0. The summed E-state index contributed by atoms with van der Waals surface area (Å²) in [4.78, 5) is 0.0931. The fourth-order valence-electron chi connectivity index (χ4n) is 2.26. The zero-order valence-corrected chi connectivity index (χ0v) is 13.4. The van der Waals surface area contributed by atoms with Crippen molar-refractivity contribution in [1.29, 1.82) is 5.26 Å². The molecule has 0 fully saturated rings. The minimum absolute atomic E-state index is 0.0931. The van der Waals surface area contributed by atoms with Crippen LogP contribution in [0, 0.1) is 11.3 Å². The first-order valence-corrected chi connectivity index (χ1v) is 8.57. The van der Waals surface area contributed by atoms with Gasteiger partial charge in [0.1, 0.15) is 0 Å². The summed E-state index contributed by atoms with van der Waals surface area (Å²) in [5.41, 5.74) is 0.857. The summed E-state index contributed by atoms with van der Waals surface area (Å²) < 4.78 is 27.6. The summed E-state index contributed by atoms with van der Waals surface area (Å²) in [6.07, 6.45) is 0. The van der Waals surface area contributed by atoms with Crippen molar-refractivity contribution in [3.05, 3.63) is 71.2 Å². The van der Waals surface area contributed by atoms with Gasteiger partial charge in [0, 0.05) is 15.8 Å². The molecule has 0 aliphatic rings. The van der Waals surface area contributed by atoms with Gasteiger partial charge < -0.3 is 0 Å². The maximum Gasteiger partial charge on any atom is 0.261 e. The van der Waals surface area contributed by atoms with Gasteiger partial charge in [-0.15, -0.1) is 0 Å². The van der Waals surface area contributed by atoms with Crippen LogP contribution in [0.25, 0.3) is 10.8 Å². The summed E-state index contributed by atoms with van der Waals surface area (Å²) in [7, 11) is -3.75. The van der Waals surface area contributed by atoms with Crippen molar-refractivity contribution in [2.75, 3.05) is 4.72 Å². The lowest BCUT2D eigenvalue weighted by Crippen LogP contribution is -2.13. The van der Waals surface area contributed by atoms with Gasteiger partial charge in [0.05, 0.1) is 22.2 Å². The van der Waals surface area contributed by atoms with Crippen molar-refractivity contribution in [3.8, 4) is 6.07 Å². The Kier molecular flexibility index (Phi) is 3.95. The Labute approximate surface area is 139 Å². The molecule has 0 heterocycles. The van der Waals surface area contributed by atoms with Crippen molar-refractivity contribution < 1.29 is 8.42 Å². The van der Waals surface area contributed by atoms with Crippen molar-refractivity contribution >= 4 is 38.1 Å². The van der Waals surface area contributed by atoms with Crippen molar-refractivity contribution in [2.24, 2.45) is 0 Å². The Morgan fingerprint density at radius 1 is 0.913 bits per heavy atom. The maximum absolute atomic E-state index is 12.5. The number of nitriles is 1. The predicted molar refractivity (Wildman–Crippen MR) is 90.9 cm³/mol. The predicted octanol–water partition coefficient (Wildman–Crippen LogP) is 4.17. The molecule has 114 valence electrons. The molecule has 0 saturated carbocycles. The zero-order valence-electron chi connectivity index (χ0n) is 11.8. The molecular weight excluding hydrogens is 332 g/mol. The van der Waals surface area contributed by atoms with Crippen LogP contribution < -0.4 is 4.72 Å². The van der Waals surface area contributed by atoms with Crippen molar-refractivity contribution in [1.82, 2.24) is 0 Å². The molecule has 0 radical (unpaired) electrons. The lowest BCUT2D eigenvalue weighted by atomic mass is 10.1. The van der Waals surface area contributed by atoms with E-state index >= 15 is 0 Å². The summed E-state index contributed by atoms with van der Waals surface area (Å²) in [6.45, 7) is 0. The number of anilines is 1. The van der Waals surface area contributed by atoms with E-state index in [4.69, 9.17) is 16.9 Å². The highest BCUT2D eigenvalue weighted by molar-refractivity contribution is 7.92. The second-order valence-electron chi connectivity index (χ2n) is 4.88. The average Bonchev–Trinajstić information content (AvgIpc) is 2.58. The minimum atomic E-state index is -3.75. The van der Waals surface area contributed by atoms with Gasteiger partial charge in [-0.1, -0.05) is 35.9 Å². The number of hydrogen-bond acceptors (Lipinski definition) is 3. The monoisotopic (exact) mass is 342 g/mol. The van der Waals surface area contributed by atoms with E-state index in [0.29, 0.717) is 16.3 Å². The number of benzene rings is 3. The largest absolute Gasteiger partial charge is 0.279 e. The standard InChI is InChI=1S/C17H11ClN2O2S/c18-16-9-10-17(15-4-2-1-3-14(15)16)20-23(21,22)13-7-5-12(11-19)6-8-13/h1-10,20H. The molecule has 0 amide bonds. The van der Waals surface area contributed by atoms with Crippen molar-refractivity contribution in [3.63, 3.8) is 0 Å². The maximum atomic E-state index is 12.5. The topological polar surface area (TPSA) is 70.0 Å². The molecule has 0 bridgehead atoms. The van der Waals surface area contributed by atoms with Gasteiger partial charge >= 0.3 is 0 Å². The SMILES string of the molecule is N#Cc1ccc(S(=O)(=O)Nc2ccc(Cl)c3ccccc23)cc1. The highest BCUT2D eigenvalue weighted by atomic mass is 35.5. The molecular formula is C17H11ClN2O2S. The van der Waals surface area contributed by atoms with E-state index in [2.05, 4.69) is 4.72 Å².